The van der Waals surface area contributed by atoms with Crippen LogP contribution in [-0.2, 0) is 19.1 Å². The molecule has 1 saturated carbocycles. The van der Waals surface area contributed by atoms with E-state index < -0.39 is 23.7 Å². The van der Waals surface area contributed by atoms with E-state index in [0.29, 0.717) is 12.2 Å². The first-order valence-corrected chi connectivity index (χ1v) is 12.8. The second kappa shape index (κ2) is 9.02. The Morgan fingerprint density at radius 3 is 2.14 bits per heavy atom. The zero-order valence-electron chi connectivity index (χ0n) is 19.3. The molecule has 6 rings (SSSR count). The largest absolute Gasteiger partial charge is 0.484 e. The van der Waals surface area contributed by atoms with E-state index in [1.165, 1.54) is 0 Å². The summed E-state index contributed by atoms with van der Waals surface area (Å²) in [6.45, 7) is -0.183. The highest BCUT2D eigenvalue weighted by Crippen LogP contribution is 2.64. The Morgan fingerprint density at radius 2 is 1.53 bits per heavy atom. The molecule has 3 aromatic rings. The number of benzene rings is 3. The van der Waals surface area contributed by atoms with Gasteiger partial charge in [-0.15, -0.1) is 11.8 Å². The van der Waals surface area contributed by atoms with Crippen LogP contribution in [0.15, 0.2) is 91.0 Å². The van der Waals surface area contributed by atoms with Crippen molar-refractivity contribution in [2.45, 2.75) is 34.7 Å². The molecule has 0 aromatic heterocycles. The van der Waals surface area contributed by atoms with Gasteiger partial charge < -0.3 is 19.7 Å². The van der Waals surface area contributed by atoms with Gasteiger partial charge in [0.15, 0.2) is 18.2 Å². The van der Waals surface area contributed by atoms with E-state index in [9.17, 15) is 14.4 Å². The molecule has 36 heavy (non-hydrogen) atoms. The van der Waals surface area contributed by atoms with E-state index in [1.54, 1.807) is 28.8 Å². The predicted octanol–water partition coefficient (Wildman–Crippen LogP) is 3.31. The molecule has 1 aliphatic carbocycles. The second-order valence-corrected chi connectivity index (χ2v) is 10.4. The molecule has 4 atom stereocenters. The van der Waals surface area contributed by atoms with Crippen LogP contribution in [0.25, 0.3) is 0 Å². The number of hydrogen-bond acceptors (Lipinski definition) is 6. The van der Waals surface area contributed by atoms with Crippen LogP contribution in [0.5, 0.6) is 5.75 Å². The highest BCUT2D eigenvalue weighted by atomic mass is 32.2. The summed E-state index contributed by atoms with van der Waals surface area (Å²) in [5, 5.41) is 2.45. The average molecular weight is 501 g/mol. The minimum atomic E-state index is -0.962. The maximum atomic E-state index is 13.6. The normalized spacial score (nSPS) is 25.4. The number of β-lactam (4-membered cyclic amide) rings is 1. The number of carbonyl (C=O) groups is 3. The molecular formula is C28H24N2O5S. The van der Waals surface area contributed by atoms with Gasteiger partial charge in [-0.05, 0) is 29.7 Å². The molecular weight excluding hydrogens is 476 g/mol. The van der Waals surface area contributed by atoms with Gasteiger partial charge in [-0.1, -0.05) is 78.9 Å². The first kappa shape index (κ1) is 22.7. The quantitative estimate of drug-likeness (QED) is 0.377. The summed E-state index contributed by atoms with van der Waals surface area (Å²) in [5.41, 5.74) is 0.772. The molecule has 2 aliphatic heterocycles. The van der Waals surface area contributed by atoms with Crippen molar-refractivity contribution in [3.8, 4) is 5.75 Å². The van der Waals surface area contributed by atoms with Gasteiger partial charge in [-0.3, -0.25) is 9.59 Å². The summed E-state index contributed by atoms with van der Waals surface area (Å²) in [5.74, 6) is -0.444. The number of ether oxygens (including phenoxy) is 2. The molecule has 3 fully saturated rings. The molecule has 7 nitrogen and oxygen atoms in total. The van der Waals surface area contributed by atoms with Crippen LogP contribution < -0.4 is 10.1 Å². The van der Waals surface area contributed by atoms with Gasteiger partial charge in [-0.25, -0.2) is 4.79 Å². The van der Waals surface area contributed by atoms with E-state index in [4.69, 9.17) is 9.47 Å². The predicted molar refractivity (Wildman–Crippen MR) is 134 cm³/mol. The average Bonchev–Trinajstić information content (AvgIpc) is 3.56. The lowest BCUT2D eigenvalue weighted by Gasteiger charge is -2.46. The van der Waals surface area contributed by atoms with Crippen LogP contribution in [0.4, 0.5) is 0 Å². The molecule has 2 heterocycles. The number of esters is 1. The van der Waals surface area contributed by atoms with Crippen LogP contribution in [0.1, 0.15) is 23.7 Å². The Balaban J connectivity index is 1.13. The summed E-state index contributed by atoms with van der Waals surface area (Å²) in [7, 11) is 0. The van der Waals surface area contributed by atoms with Gasteiger partial charge in [0, 0.05) is 5.25 Å². The number of rotatable bonds is 8. The minimum Gasteiger partial charge on any atom is -0.484 e. The maximum Gasteiger partial charge on any atom is 0.334 e. The number of nitrogens with zero attached hydrogens (tertiary/aromatic N) is 1. The fraction of sp³-hybridized carbons (Fsp3) is 0.250. The number of amides is 2. The third-order valence-electron chi connectivity index (χ3n) is 6.86. The number of carbonyl (C=O) groups excluding carboxylic acids is 3. The lowest BCUT2D eigenvalue weighted by atomic mass is 10.00. The Bertz CT molecular complexity index is 1250. The summed E-state index contributed by atoms with van der Waals surface area (Å²) >= 11 is 1.55. The lowest BCUT2D eigenvalue weighted by molar-refractivity contribution is -0.168. The molecule has 182 valence electrons. The van der Waals surface area contributed by atoms with Gasteiger partial charge >= 0.3 is 5.97 Å². The topological polar surface area (TPSA) is 84.9 Å². The van der Waals surface area contributed by atoms with Crippen molar-refractivity contribution in [1.82, 2.24) is 10.2 Å². The van der Waals surface area contributed by atoms with E-state index in [-0.39, 0.29) is 29.0 Å². The van der Waals surface area contributed by atoms with Crippen LogP contribution in [0.3, 0.4) is 0 Å². The summed E-state index contributed by atoms with van der Waals surface area (Å²) in [6.07, 6.45) is -0.00565. The zero-order valence-corrected chi connectivity index (χ0v) is 20.1. The standard InChI is InChI=1S/C28H24N2O5S/c31-22(17-34-20-14-8-3-9-15-20)29-23-25(32)30-26(23)36-21-16-28(21,30)27(33)35-24(18-10-4-1-5-11-18)19-12-6-2-7-13-19/h1-15,21,23-24,26H,16-17H2,(H,29,31)/t21?,23?,26-,28?/m1/s1. The van der Waals surface area contributed by atoms with Gasteiger partial charge in [0.2, 0.25) is 5.91 Å². The molecule has 8 heteroatoms. The van der Waals surface area contributed by atoms with Gasteiger partial charge in [-0.2, -0.15) is 0 Å². The van der Waals surface area contributed by atoms with Crippen molar-refractivity contribution in [3.63, 3.8) is 0 Å². The number of fused-ring (bicyclic) bond motifs is 3. The molecule has 3 aliphatic rings. The van der Waals surface area contributed by atoms with Gasteiger partial charge in [0.25, 0.3) is 5.91 Å². The third-order valence-corrected chi connectivity index (χ3v) is 8.51. The molecule has 0 radical (unpaired) electrons. The first-order valence-electron chi connectivity index (χ1n) is 11.8. The maximum absolute atomic E-state index is 13.6. The SMILES string of the molecule is O=C(COc1ccccc1)NC1C(=O)N2[C@@H]1SC1CC12C(=O)OC(c1ccccc1)c1ccccc1. The number of nitrogens with one attached hydrogen (secondary N) is 1. The van der Waals surface area contributed by atoms with Crippen LogP contribution >= 0.6 is 11.8 Å². The van der Waals surface area contributed by atoms with Crippen molar-refractivity contribution in [2.24, 2.45) is 0 Å². The van der Waals surface area contributed by atoms with Crippen molar-refractivity contribution < 1.29 is 23.9 Å². The summed E-state index contributed by atoms with van der Waals surface area (Å²) < 4.78 is 11.6. The highest BCUT2D eigenvalue weighted by molar-refractivity contribution is 8.01. The molecule has 2 saturated heterocycles. The second-order valence-electron chi connectivity index (χ2n) is 9.11. The third kappa shape index (κ3) is 3.82. The fourth-order valence-electron chi connectivity index (χ4n) is 4.95. The Labute approximate surface area is 212 Å². The van der Waals surface area contributed by atoms with E-state index in [2.05, 4.69) is 5.32 Å². The molecule has 0 spiro atoms. The number of thioether (sulfide) groups is 1. The Hall–Kier alpha value is -3.78. The van der Waals surface area contributed by atoms with E-state index in [1.807, 2.05) is 78.9 Å². The Morgan fingerprint density at radius 1 is 0.944 bits per heavy atom. The van der Waals surface area contributed by atoms with Crippen LogP contribution in [0, 0.1) is 0 Å². The van der Waals surface area contributed by atoms with Gasteiger partial charge in [0.1, 0.15) is 17.2 Å². The van der Waals surface area contributed by atoms with Crippen LogP contribution in [0.2, 0.25) is 0 Å². The van der Waals surface area contributed by atoms with Crippen molar-refractivity contribution in [3.05, 3.63) is 102 Å². The summed E-state index contributed by atoms with van der Waals surface area (Å²) in [6, 6.07) is 27.5. The van der Waals surface area contributed by atoms with Gasteiger partial charge in [0.05, 0.1) is 0 Å². The molecule has 3 unspecified atom stereocenters. The van der Waals surface area contributed by atoms with Crippen molar-refractivity contribution >= 4 is 29.5 Å². The lowest BCUT2D eigenvalue weighted by Crippen LogP contribution is -2.72. The number of para-hydroxylation sites is 1. The van der Waals surface area contributed by atoms with Crippen molar-refractivity contribution in [2.75, 3.05) is 6.61 Å². The minimum absolute atomic E-state index is 0.0337. The van der Waals surface area contributed by atoms with E-state index in [0.717, 1.165) is 11.1 Å². The first-order chi connectivity index (χ1) is 17.6. The molecule has 0 bridgehead atoms. The fourth-order valence-corrected chi connectivity index (χ4v) is 6.83. The van der Waals surface area contributed by atoms with Crippen LogP contribution in [-0.4, -0.2) is 51.5 Å². The monoisotopic (exact) mass is 500 g/mol. The highest BCUT2D eigenvalue weighted by Gasteiger charge is 2.79. The smallest absolute Gasteiger partial charge is 0.334 e. The van der Waals surface area contributed by atoms with E-state index >= 15 is 0 Å². The van der Waals surface area contributed by atoms with Crippen molar-refractivity contribution in [1.29, 1.82) is 0 Å². The summed E-state index contributed by atoms with van der Waals surface area (Å²) in [4.78, 5) is 40.7. The molecule has 1 N–H and O–H groups in total. The number of hydrogen-bond donors (Lipinski definition) is 1. The molecule has 2 amide bonds. The molecule has 3 aromatic carbocycles. The Kier molecular flexibility index (Phi) is 5.68. The zero-order chi connectivity index (χ0) is 24.7.